The maximum absolute atomic E-state index is 12.0. The van der Waals surface area contributed by atoms with E-state index in [1.54, 1.807) is 0 Å². The van der Waals surface area contributed by atoms with E-state index in [0.717, 1.165) is 18.5 Å². The van der Waals surface area contributed by atoms with Gasteiger partial charge in [-0.25, -0.2) is 13.1 Å². The lowest BCUT2D eigenvalue weighted by Gasteiger charge is -2.12. The van der Waals surface area contributed by atoms with Crippen LogP contribution < -0.4 is 15.4 Å². The Morgan fingerprint density at radius 2 is 1.88 bits per heavy atom. The standard InChI is InChI=1S/C17H30N4O3S.HI/c1-3-18-17(19-11-8-13-24-4-2)20-12-14-25(22,23)21-15-16-9-6-5-7-10-16;/h5-7,9-10,21H,3-4,8,11-15H2,1-2H3,(H2,18,19,20);1H. The van der Waals surface area contributed by atoms with Crippen molar-refractivity contribution in [3.8, 4) is 0 Å². The van der Waals surface area contributed by atoms with Gasteiger partial charge in [-0.15, -0.1) is 24.0 Å². The molecule has 0 unspecified atom stereocenters. The van der Waals surface area contributed by atoms with Crippen LogP contribution in [0.3, 0.4) is 0 Å². The molecule has 1 aromatic rings. The van der Waals surface area contributed by atoms with Crippen molar-refractivity contribution in [2.75, 3.05) is 38.6 Å². The molecular formula is C17H31IN4O3S. The van der Waals surface area contributed by atoms with Gasteiger partial charge in [0.25, 0.3) is 0 Å². The average molecular weight is 498 g/mol. The van der Waals surface area contributed by atoms with E-state index in [2.05, 4.69) is 20.3 Å². The molecule has 0 aliphatic carbocycles. The maximum atomic E-state index is 12.0. The van der Waals surface area contributed by atoms with Gasteiger partial charge < -0.3 is 15.4 Å². The molecule has 0 spiro atoms. The van der Waals surface area contributed by atoms with Gasteiger partial charge >= 0.3 is 0 Å². The molecular weight excluding hydrogens is 467 g/mol. The largest absolute Gasteiger partial charge is 0.382 e. The van der Waals surface area contributed by atoms with E-state index < -0.39 is 10.0 Å². The Balaban J connectivity index is 0.00000625. The first-order chi connectivity index (χ1) is 12.1. The molecule has 0 atom stereocenters. The lowest BCUT2D eigenvalue weighted by atomic mass is 10.2. The summed E-state index contributed by atoms with van der Waals surface area (Å²) in [4.78, 5) is 4.40. The highest BCUT2D eigenvalue weighted by Crippen LogP contribution is 1.98. The van der Waals surface area contributed by atoms with E-state index >= 15 is 0 Å². The van der Waals surface area contributed by atoms with E-state index in [9.17, 15) is 8.42 Å². The van der Waals surface area contributed by atoms with E-state index in [1.807, 2.05) is 44.2 Å². The van der Waals surface area contributed by atoms with Crippen molar-refractivity contribution in [2.45, 2.75) is 26.8 Å². The summed E-state index contributed by atoms with van der Waals surface area (Å²) in [7, 11) is -3.34. The molecule has 3 N–H and O–H groups in total. The van der Waals surface area contributed by atoms with E-state index in [0.29, 0.717) is 38.8 Å². The molecule has 7 nitrogen and oxygen atoms in total. The molecule has 1 aromatic carbocycles. The summed E-state index contributed by atoms with van der Waals surface area (Å²) >= 11 is 0. The first kappa shape index (κ1) is 25.1. The van der Waals surface area contributed by atoms with Crippen LogP contribution in [0.25, 0.3) is 0 Å². The topological polar surface area (TPSA) is 91.8 Å². The van der Waals surface area contributed by atoms with Crippen molar-refractivity contribution < 1.29 is 13.2 Å². The molecule has 0 aromatic heterocycles. The van der Waals surface area contributed by atoms with Crippen LogP contribution in [0.1, 0.15) is 25.8 Å². The van der Waals surface area contributed by atoms with E-state index in [1.165, 1.54) is 0 Å². The van der Waals surface area contributed by atoms with Gasteiger partial charge in [-0.2, -0.15) is 0 Å². The molecule has 0 fully saturated rings. The van der Waals surface area contributed by atoms with E-state index in [4.69, 9.17) is 4.74 Å². The normalized spacial score (nSPS) is 11.7. The Morgan fingerprint density at radius 1 is 1.15 bits per heavy atom. The number of rotatable bonds is 12. The second-order valence-corrected chi connectivity index (χ2v) is 7.29. The summed E-state index contributed by atoms with van der Waals surface area (Å²) in [6, 6.07) is 9.45. The quantitative estimate of drug-likeness (QED) is 0.177. The number of halogens is 1. The number of nitrogens with one attached hydrogen (secondary N) is 3. The zero-order valence-electron chi connectivity index (χ0n) is 15.5. The monoisotopic (exact) mass is 498 g/mol. The summed E-state index contributed by atoms with van der Waals surface area (Å²) < 4.78 is 32.0. The first-order valence-corrected chi connectivity index (χ1v) is 10.3. The molecule has 9 heteroatoms. The number of ether oxygens (including phenoxy) is 1. The van der Waals surface area contributed by atoms with Crippen molar-refractivity contribution in [2.24, 2.45) is 4.99 Å². The fourth-order valence-electron chi connectivity index (χ4n) is 2.01. The molecule has 150 valence electrons. The molecule has 26 heavy (non-hydrogen) atoms. The van der Waals surface area contributed by atoms with Crippen LogP contribution in [0.5, 0.6) is 0 Å². The predicted octanol–water partition coefficient (Wildman–Crippen LogP) is 1.71. The van der Waals surface area contributed by atoms with Crippen molar-refractivity contribution in [1.29, 1.82) is 0 Å². The SMILES string of the molecule is CCNC(=NCCCOCC)NCCS(=O)(=O)NCc1ccccc1.I. The van der Waals surface area contributed by atoms with Crippen molar-refractivity contribution in [3.05, 3.63) is 35.9 Å². The van der Waals surface area contributed by atoms with Crippen LogP contribution in [0.2, 0.25) is 0 Å². The number of aliphatic imine (C=N–C) groups is 1. The minimum atomic E-state index is -3.34. The minimum absolute atomic E-state index is 0. The van der Waals surface area contributed by atoms with Gasteiger partial charge in [0.15, 0.2) is 5.96 Å². The summed E-state index contributed by atoms with van der Waals surface area (Å²) in [6.45, 7) is 7.25. The minimum Gasteiger partial charge on any atom is -0.382 e. The fourth-order valence-corrected chi connectivity index (χ4v) is 2.91. The highest BCUT2D eigenvalue weighted by atomic mass is 127. The lowest BCUT2D eigenvalue weighted by Crippen LogP contribution is -2.41. The van der Waals surface area contributed by atoms with Gasteiger partial charge in [0, 0.05) is 39.4 Å². The number of hydrogen-bond donors (Lipinski definition) is 3. The van der Waals surface area contributed by atoms with Crippen LogP contribution in [0.15, 0.2) is 35.3 Å². The molecule has 0 bridgehead atoms. The summed E-state index contributed by atoms with van der Waals surface area (Å²) in [5, 5.41) is 6.15. The second kappa shape index (κ2) is 15.2. The smallest absolute Gasteiger partial charge is 0.213 e. The zero-order valence-corrected chi connectivity index (χ0v) is 18.7. The van der Waals surface area contributed by atoms with Crippen LogP contribution in [0.4, 0.5) is 0 Å². The van der Waals surface area contributed by atoms with Gasteiger partial charge in [-0.3, -0.25) is 4.99 Å². The fraction of sp³-hybridized carbons (Fsp3) is 0.588. The predicted molar refractivity (Wildman–Crippen MR) is 118 cm³/mol. The molecule has 0 amide bonds. The Kier molecular flexibility index (Phi) is 14.6. The highest BCUT2D eigenvalue weighted by Gasteiger charge is 2.10. The summed E-state index contributed by atoms with van der Waals surface area (Å²) in [6.07, 6.45) is 0.835. The Hall–Kier alpha value is -0.910. The molecule has 1 rings (SSSR count). The van der Waals surface area contributed by atoms with Gasteiger partial charge in [-0.1, -0.05) is 30.3 Å². The van der Waals surface area contributed by atoms with Crippen LogP contribution >= 0.6 is 24.0 Å². The number of hydrogen-bond acceptors (Lipinski definition) is 4. The van der Waals surface area contributed by atoms with Gasteiger partial charge in [0.05, 0.1) is 5.75 Å². The molecule has 0 saturated heterocycles. The van der Waals surface area contributed by atoms with Gasteiger partial charge in [-0.05, 0) is 25.8 Å². The third kappa shape index (κ3) is 12.4. The Bertz CT molecular complexity index is 597. The highest BCUT2D eigenvalue weighted by molar-refractivity contribution is 14.0. The van der Waals surface area contributed by atoms with E-state index in [-0.39, 0.29) is 29.7 Å². The van der Waals surface area contributed by atoms with Gasteiger partial charge in [0.1, 0.15) is 0 Å². The second-order valence-electron chi connectivity index (χ2n) is 5.36. The summed E-state index contributed by atoms with van der Waals surface area (Å²) in [5.41, 5.74) is 0.934. The average Bonchev–Trinajstić information content (AvgIpc) is 2.60. The molecule has 0 heterocycles. The molecule has 0 aliphatic rings. The molecule has 0 radical (unpaired) electrons. The van der Waals surface area contributed by atoms with Crippen LogP contribution in [-0.4, -0.2) is 53.0 Å². The lowest BCUT2D eigenvalue weighted by molar-refractivity contribution is 0.146. The molecule has 0 aliphatic heterocycles. The number of guanidine groups is 1. The van der Waals surface area contributed by atoms with Crippen molar-refractivity contribution in [1.82, 2.24) is 15.4 Å². The number of sulfonamides is 1. The Labute approximate surface area is 174 Å². The number of nitrogens with zero attached hydrogens (tertiary/aromatic N) is 1. The zero-order chi connectivity index (χ0) is 18.4. The third-order valence-corrected chi connectivity index (χ3v) is 4.59. The number of benzene rings is 1. The maximum Gasteiger partial charge on any atom is 0.213 e. The Morgan fingerprint density at radius 3 is 2.54 bits per heavy atom. The van der Waals surface area contributed by atoms with Gasteiger partial charge in [0.2, 0.25) is 10.0 Å². The molecule has 0 saturated carbocycles. The van der Waals surface area contributed by atoms with Crippen LogP contribution in [-0.2, 0) is 21.3 Å². The third-order valence-electron chi connectivity index (χ3n) is 3.27. The first-order valence-electron chi connectivity index (χ1n) is 8.68. The van der Waals surface area contributed by atoms with Crippen molar-refractivity contribution in [3.63, 3.8) is 0 Å². The van der Waals surface area contributed by atoms with Crippen LogP contribution in [0, 0.1) is 0 Å². The summed E-state index contributed by atoms with van der Waals surface area (Å²) in [5.74, 6) is 0.612. The van der Waals surface area contributed by atoms with Crippen molar-refractivity contribution >= 4 is 40.0 Å².